The molecule has 0 unspecified atom stereocenters. The number of nitrogens with zero attached hydrogens (tertiary/aromatic N) is 2. The van der Waals surface area contributed by atoms with Crippen LogP contribution in [0.5, 0.6) is 0 Å². The number of aromatic nitrogens is 2. The van der Waals surface area contributed by atoms with Gasteiger partial charge in [-0.15, -0.1) is 0 Å². The molecule has 0 N–H and O–H groups in total. The van der Waals surface area contributed by atoms with E-state index in [1.165, 1.54) is 17.3 Å². The fourth-order valence-corrected chi connectivity index (χ4v) is 2.42. The zero-order valence-corrected chi connectivity index (χ0v) is 11.4. The molecule has 1 aromatic heterocycles. The molecule has 0 aliphatic carbocycles. The minimum absolute atomic E-state index is 0.783. The molecule has 1 aromatic rings. The zero-order valence-electron chi connectivity index (χ0n) is 10.6. The van der Waals surface area contributed by atoms with E-state index in [-0.39, 0.29) is 0 Å². The van der Waals surface area contributed by atoms with E-state index in [2.05, 4.69) is 35.4 Å². The van der Waals surface area contributed by atoms with Gasteiger partial charge >= 0.3 is 0 Å². The van der Waals surface area contributed by atoms with E-state index in [0.717, 1.165) is 26.1 Å². The van der Waals surface area contributed by atoms with Gasteiger partial charge in [0.2, 0.25) is 0 Å². The quantitative estimate of drug-likeness (QED) is 0.511. The number of thioether (sulfide) groups is 1. The molecule has 0 amide bonds. The summed E-state index contributed by atoms with van der Waals surface area (Å²) in [6, 6.07) is 0. The summed E-state index contributed by atoms with van der Waals surface area (Å²) in [4.78, 5) is 0. The maximum Gasteiger partial charge on any atom is 0.256 e. The van der Waals surface area contributed by atoms with Gasteiger partial charge in [0.15, 0.2) is 0 Å². The molecule has 0 saturated heterocycles. The van der Waals surface area contributed by atoms with Crippen molar-refractivity contribution in [3.63, 3.8) is 0 Å². The van der Waals surface area contributed by atoms with Crippen LogP contribution >= 0.6 is 11.8 Å². The lowest BCUT2D eigenvalue weighted by molar-refractivity contribution is -0.705. The summed E-state index contributed by atoms with van der Waals surface area (Å²) in [6.07, 6.45) is 5.42. The standard InChI is InChI=1S/C12H23N2OS/c1-4-12-13(8-10-15-3)6-7-14(12)9-11-16-5-2/h6-7H,4-5,8-11H2,1-3H3/q+1. The number of methoxy groups -OCH3 is 1. The molecule has 0 saturated carbocycles. The van der Waals surface area contributed by atoms with E-state index >= 15 is 0 Å². The summed E-state index contributed by atoms with van der Waals surface area (Å²) < 4.78 is 9.77. The van der Waals surface area contributed by atoms with Gasteiger partial charge in [-0.25, -0.2) is 9.13 Å². The molecular weight excluding hydrogens is 220 g/mol. The summed E-state index contributed by atoms with van der Waals surface area (Å²) in [7, 11) is 1.75. The van der Waals surface area contributed by atoms with Crippen LogP contribution in [0, 0.1) is 0 Å². The Labute approximate surface area is 103 Å². The molecule has 92 valence electrons. The van der Waals surface area contributed by atoms with Crippen LogP contribution in [0.2, 0.25) is 0 Å². The van der Waals surface area contributed by atoms with Crippen LogP contribution in [-0.4, -0.2) is 29.8 Å². The molecule has 0 bridgehead atoms. The third kappa shape index (κ3) is 3.83. The van der Waals surface area contributed by atoms with E-state index in [1.807, 2.05) is 11.8 Å². The second kappa shape index (κ2) is 7.74. The van der Waals surface area contributed by atoms with Gasteiger partial charge in [-0.3, -0.25) is 0 Å². The van der Waals surface area contributed by atoms with Crippen LogP contribution < -0.4 is 4.57 Å². The molecule has 0 radical (unpaired) electrons. The average molecular weight is 243 g/mol. The first-order valence-corrected chi connectivity index (χ1v) is 7.13. The highest BCUT2D eigenvalue weighted by molar-refractivity contribution is 7.99. The third-order valence-corrected chi connectivity index (χ3v) is 3.50. The highest BCUT2D eigenvalue weighted by atomic mass is 32.2. The van der Waals surface area contributed by atoms with Crippen molar-refractivity contribution < 1.29 is 9.30 Å². The average Bonchev–Trinajstić information content (AvgIpc) is 2.69. The number of hydrogen-bond donors (Lipinski definition) is 0. The van der Waals surface area contributed by atoms with Crippen molar-refractivity contribution >= 4 is 11.8 Å². The maximum absolute atomic E-state index is 5.12. The van der Waals surface area contributed by atoms with Gasteiger partial charge in [-0.05, 0) is 5.75 Å². The van der Waals surface area contributed by atoms with Crippen molar-refractivity contribution in [3.05, 3.63) is 18.2 Å². The van der Waals surface area contributed by atoms with Gasteiger partial charge in [0, 0.05) is 19.3 Å². The zero-order chi connectivity index (χ0) is 11.8. The Morgan fingerprint density at radius 1 is 1.44 bits per heavy atom. The lowest BCUT2D eigenvalue weighted by Gasteiger charge is -2.02. The normalized spacial score (nSPS) is 10.9. The molecule has 0 aromatic carbocycles. The molecule has 0 spiro atoms. The third-order valence-electron chi connectivity index (χ3n) is 2.62. The highest BCUT2D eigenvalue weighted by Crippen LogP contribution is 2.03. The predicted octanol–water partition coefficient (Wildman–Crippen LogP) is 1.74. The maximum atomic E-state index is 5.12. The van der Waals surface area contributed by atoms with Gasteiger partial charge in [0.1, 0.15) is 18.9 Å². The summed E-state index contributed by atoms with van der Waals surface area (Å²) in [5.74, 6) is 3.79. The Morgan fingerprint density at radius 3 is 2.88 bits per heavy atom. The smallest absolute Gasteiger partial charge is 0.256 e. The number of hydrogen-bond acceptors (Lipinski definition) is 2. The minimum Gasteiger partial charge on any atom is -0.381 e. The summed E-state index contributed by atoms with van der Waals surface area (Å²) in [5, 5.41) is 0. The Bertz CT molecular complexity index is 299. The largest absolute Gasteiger partial charge is 0.381 e. The van der Waals surface area contributed by atoms with E-state index in [0.29, 0.717) is 0 Å². The van der Waals surface area contributed by atoms with Crippen molar-refractivity contribution in [2.24, 2.45) is 0 Å². The van der Waals surface area contributed by atoms with Crippen LogP contribution in [0.25, 0.3) is 0 Å². The molecular formula is C12H23N2OS+. The number of imidazole rings is 1. The van der Waals surface area contributed by atoms with E-state index in [4.69, 9.17) is 4.74 Å². The lowest BCUT2D eigenvalue weighted by atomic mass is 10.4. The fourth-order valence-electron chi connectivity index (χ4n) is 1.81. The lowest BCUT2D eigenvalue weighted by Crippen LogP contribution is -2.39. The summed E-state index contributed by atoms with van der Waals surface area (Å²) in [6.45, 7) is 7.27. The first-order valence-electron chi connectivity index (χ1n) is 5.97. The second-order valence-corrected chi connectivity index (χ2v) is 5.04. The number of ether oxygens (including phenoxy) is 1. The minimum atomic E-state index is 0.783. The van der Waals surface area contributed by atoms with Gasteiger partial charge in [0.05, 0.1) is 13.2 Å². The van der Waals surface area contributed by atoms with Crippen molar-refractivity contribution in [1.82, 2.24) is 4.57 Å². The van der Waals surface area contributed by atoms with E-state index in [9.17, 15) is 0 Å². The van der Waals surface area contributed by atoms with Crippen molar-refractivity contribution in [2.45, 2.75) is 33.4 Å². The van der Waals surface area contributed by atoms with Crippen LogP contribution in [0.15, 0.2) is 12.4 Å². The Hall–Kier alpha value is -0.480. The first kappa shape index (κ1) is 13.6. The molecule has 0 aliphatic rings. The van der Waals surface area contributed by atoms with E-state index < -0.39 is 0 Å². The molecule has 1 rings (SSSR count). The monoisotopic (exact) mass is 243 g/mol. The Kier molecular flexibility index (Phi) is 6.57. The number of aryl methyl sites for hydroxylation is 1. The topological polar surface area (TPSA) is 18.0 Å². The Morgan fingerprint density at radius 2 is 2.25 bits per heavy atom. The van der Waals surface area contributed by atoms with Gasteiger partial charge in [-0.2, -0.15) is 11.8 Å². The SMILES string of the molecule is CCSCCn1cc[n+](CCOC)c1CC. The molecule has 0 fully saturated rings. The molecule has 3 nitrogen and oxygen atoms in total. The molecule has 0 aliphatic heterocycles. The molecule has 4 heteroatoms. The van der Waals surface area contributed by atoms with Crippen LogP contribution in [-0.2, 0) is 24.2 Å². The first-order chi connectivity index (χ1) is 7.83. The van der Waals surface area contributed by atoms with Crippen molar-refractivity contribution in [2.75, 3.05) is 25.2 Å². The van der Waals surface area contributed by atoms with E-state index in [1.54, 1.807) is 7.11 Å². The van der Waals surface area contributed by atoms with Gasteiger partial charge in [0.25, 0.3) is 5.82 Å². The second-order valence-electron chi connectivity index (χ2n) is 3.64. The molecule has 16 heavy (non-hydrogen) atoms. The van der Waals surface area contributed by atoms with Gasteiger partial charge in [-0.1, -0.05) is 13.8 Å². The van der Waals surface area contributed by atoms with Crippen LogP contribution in [0.1, 0.15) is 19.7 Å². The molecule has 1 heterocycles. The summed E-state index contributed by atoms with van der Waals surface area (Å²) in [5.41, 5.74) is 0. The van der Waals surface area contributed by atoms with Crippen molar-refractivity contribution in [3.8, 4) is 0 Å². The van der Waals surface area contributed by atoms with Crippen molar-refractivity contribution in [1.29, 1.82) is 0 Å². The summed E-state index contributed by atoms with van der Waals surface area (Å²) >= 11 is 1.99. The van der Waals surface area contributed by atoms with Gasteiger partial charge < -0.3 is 4.74 Å². The highest BCUT2D eigenvalue weighted by Gasteiger charge is 2.14. The Balaban J connectivity index is 2.58. The fraction of sp³-hybridized carbons (Fsp3) is 0.750. The predicted molar refractivity (Wildman–Crippen MR) is 68.9 cm³/mol. The number of rotatable bonds is 8. The van der Waals surface area contributed by atoms with Crippen LogP contribution in [0.4, 0.5) is 0 Å². The van der Waals surface area contributed by atoms with Crippen LogP contribution in [0.3, 0.4) is 0 Å². The molecule has 0 atom stereocenters.